The van der Waals surface area contributed by atoms with E-state index in [1.807, 2.05) is 18.2 Å². The number of aromatic nitrogens is 1. The summed E-state index contributed by atoms with van der Waals surface area (Å²) in [6, 6.07) is 18.4. The number of amides is 1. The van der Waals surface area contributed by atoms with Gasteiger partial charge in [0.1, 0.15) is 6.04 Å². The average molecular weight is 514 g/mol. The lowest BCUT2D eigenvalue weighted by atomic mass is 10.0. The quantitative estimate of drug-likeness (QED) is 0.305. The number of carbonyl (C=O) groups excluding carboxylic acids is 1. The number of rotatable bonds is 6. The highest BCUT2D eigenvalue weighted by molar-refractivity contribution is 6.39. The first-order chi connectivity index (χ1) is 16.2. The maximum absolute atomic E-state index is 12.7. The van der Waals surface area contributed by atoms with E-state index in [1.165, 1.54) is 0 Å². The molecule has 172 valence electrons. The highest BCUT2D eigenvalue weighted by Gasteiger charge is 2.23. The summed E-state index contributed by atoms with van der Waals surface area (Å²) < 4.78 is 0. The number of nitrogens with one attached hydrogen (secondary N) is 1. The lowest BCUT2D eigenvalue weighted by Crippen LogP contribution is -2.42. The van der Waals surface area contributed by atoms with Crippen molar-refractivity contribution in [1.29, 1.82) is 0 Å². The third-order valence-corrected chi connectivity index (χ3v) is 6.41. The highest BCUT2D eigenvalue weighted by Crippen LogP contribution is 2.34. The summed E-state index contributed by atoms with van der Waals surface area (Å²) >= 11 is 18.8. The van der Waals surface area contributed by atoms with Crippen LogP contribution < -0.4 is 5.32 Å². The van der Waals surface area contributed by atoms with Crippen LogP contribution in [0.15, 0.2) is 66.7 Å². The van der Waals surface area contributed by atoms with Crippen molar-refractivity contribution in [2.24, 2.45) is 0 Å². The molecule has 1 aromatic heterocycles. The Hall–Kier alpha value is -3.12. The molecule has 3 aromatic carbocycles. The molecule has 0 spiro atoms. The molecule has 8 heteroatoms. The zero-order valence-corrected chi connectivity index (χ0v) is 20.2. The molecule has 34 heavy (non-hydrogen) atoms. The Morgan fingerprint density at radius 1 is 0.941 bits per heavy atom. The van der Waals surface area contributed by atoms with Gasteiger partial charge in [-0.2, -0.15) is 0 Å². The number of hydrogen-bond donors (Lipinski definition) is 2. The predicted octanol–water partition coefficient (Wildman–Crippen LogP) is 6.60. The van der Waals surface area contributed by atoms with Crippen molar-refractivity contribution < 1.29 is 14.7 Å². The van der Waals surface area contributed by atoms with Gasteiger partial charge < -0.3 is 10.4 Å². The van der Waals surface area contributed by atoms with E-state index in [-0.39, 0.29) is 17.0 Å². The molecule has 1 heterocycles. The van der Waals surface area contributed by atoms with Gasteiger partial charge in [-0.05, 0) is 54.4 Å². The van der Waals surface area contributed by atoms with Gasteiger partial charge in [-0.25, -0.2) is 9.78 Å². The van der Waals surface area contributed by atoms with Crippen LogP contribution in [0, 0.1) is 6.92 Å². The summed E-state index contributed by atoms with van der Waals surface area (Å²) in [6.07, 6.45) is 0.0958. The molecule has 0 aliphatic carbocycles. The Balaban J connectivity index is 1.59. The van der Waals surface area contributed by atoms with Gasteiger partial charge >= 0.3 is 5.97 Å². The van der Waals surface area contributed by atoms with Crippen molar-refractivity contribution in [2.45, 2.75) is 19.4 Å². The molecule has 0 saturated carbocycles. The average Bonchev–Trinajstić information content (AvgIpc) is 2.78. The molecule has 2 N–H and O–H groups in total. The van der Waals surface area contributed by atoms with E-state index in [9.17, 15) is 14.7 Å². The zero-order valence-electron chi connectivity index (χ0n) is 18.0. The number of halogens is 3. The third-order valence-electron chi connectivity index (χ3n) is 5.46. The summed E-state index contributed by atoms with van der Waals surface area (Å²) in [6.45, 7) is 1.75. The number of carboxylic acids is 1. The van der Waals surface area contributed by atoms with Crippen LogP contribution in [0.25, 0.3) is 22.2 Å². The van der Waals surface area contributed by atoms with E-state index >= 15 is 0 Å². The summed E-state index contributed by atoms with van der Waals surface area (Å²) in [5.74, 6) is -1.67. The number of aliphatic carboxylic acids is 1. The van der Waals surface area contributed by atoms with Crippen molar-refractivity contribution in [3.63, 3.8) is 0 Å². The van der Waals surface area contributed by atoms with Crippen LogP contribution in [0.2, 0.25) is 15.1 Å². The number of pyridine rings is 1. The molecule has 4 rings (SSSR count). The molecule has 5 nitrogen and oxygen atoms in total. The number of nitrogens with zero attached hydrogens (tertiary/aromatic N) is 1. The number of hydrogen-bond acceptors (Lipinski definition) is 3. The van der Waals surface area contributed by atoms with Gasteiger partial charge in [-0.15, -0.1) is 0 Å². The molecule has 0 bridgehead atoms. The molecule has 0 fully saturated rings. The van der Waals surface area contributed by atoms with Gasteiger partial charge in [-0.1, -0.05) is 65.1 Å². The summed E-state index contributed by atoms with van der Waals surface area (Å²) in [4.78, 5) is 29.3. The van der Waals surface area contributed by atoms with Crippen LogP contribution in [0.1, 0.15) is 21.5 Å². The first-order valence-electron chi connectivity index (χ1n) is 10.4. The van der Waals surface area contributed by atoms with Crippen molar-refractivity contribution in [3.05, 3.63) is 98.5 Å². The topological polar surface area (TPSA) is 79.3 Å². The second-order valence-corrected chi connectivity index (χ2v) is 9.04. The number of benzene rings is 3. The van der Waals surface area contributed by atoms with Crippen LogP contribution >= 0.6 is 34.8 Å². The summed E-state index contributed by atoms with van der Waals surface area (Å²) in [7, 11) is 0. The van der Waals surface area contributed by atoms with E-state index in [2.05, 4.69) is 10.3 Å². The van der Waals surface area contributed by atoms with E-state index in [1.54, 1.807) is 55.5 Å². The van der Waals surface area contributed by atoms with Crippen LogP contribution in [-0.4, -0.2) is 28.0 Å². The van der Waals surface area contributed by atoms with Crippen LogP contribution in [0.4, 0.5) is 0 Å². The Morgan fingerprint density at radius 3 is 2.29 bits per heavy atom. The predicted molar refractivity (Wildman–Crippen MR) is 136 cm³/mol. The minimum Gasteiger partial charge on any atom is -0.480 e. The van der Waals surface area contributed by atoms with Crippen molar-refractivity contribution in [2.75, 3.05) is 0 Å². The fourth-order valence-corrected chi connectivity index (χ4v) is 4.67. The van der Waals surface area contributed by atoms with Gasteiger partial charge in [0, 0.05) is 17.4 Å². The molecule has 0 unspecified atom stereocenters. The standard InChI is InChI=1S/C26H19Cl3N2O3/c1-14-4-2-5-17(27)23(14)25(32)31-22(26(33)34)13-15-8-10-20-16(12-15)9-11-21(30-20)24-18(28)6-3-7-19(24)29/h2-12,22H,13H2,1H3,(H,31,32)(H,33,34)/t22-/m0/s1. The zero-order chi connectivity index (χ0) is 24.4. The molecule has 0 radical (unpaired) electrons. The molecule has 0 aliphatic rings. The Bertz CT molecular complexity index is 1380. The van der Waals surface area contributed by atoms with Gasteiger partial charge in [0.2, 0.25) is 0 Å². The highest BCUT2D eigenvalue weighted by atomic mass is 35.5. The lowest BCUT2D eigenvalue weighted by molar-refractivity contribution is -0.139. The first kappa shape index (κ1) is 24.0. The smallest absolute Gasteiger partial charge is 0.326 e. The summed E-state index contributed by atoms with van der Waals surface area (Å²) in [5, 5.41) is 14.4. The Kier molecular flexibility index (Phi) is 7.08. The van der Waals surface area contributed by atoms with Crippen molar-refractivity contribution in [3.8, 4) is 11.3 Å². The van der Waals surface area contributed by atoms with E-state index in [0.717, 1.165) is 10.9 Å². The molecule has 0 aliphatic heterocycles. The van der Waals surface area contributed by atoms with Gasteiger partial charge in [0.25, 0.3) is 5.91 Å². The van der Waals surface area contributed by atoms with Crippen LogP contribution in [-0.2, 0) is 11.2 Å². The summed E-state index contributed by atoms with van der Waals surface area (Å²) in [5.41, 5.74) is 3.67. The van der Waals surface area contributed by atoms with Crippen LogP contribution in [0.5, 0.6) is 0 Å². The Morgan fingerprint density at radius 2 is 1.62 bits per heavy atom. The van der Waals surface area contributed by atoms with E-state index in [0.29, 0.717) is 32.4 Å². The number of carboxylic acid groups (broad SMARTS) is 1. The van der Waals surface area contributed by atoms with Gasteiger partial charge in [0.15, 0.2) is 0 Å². The first-order valence-corrected chi connectivity index (χ1v) is 11.5. The second-order valence-electron chi connectivity index (χ2n) is 7.82. The lowest BCUT2D eigenvalue weighted by Gasteiger charge is -2.16. The molecule has 0 saturated heterocycles. The molecule has 1 atom stereocenters. The fourth-order valence-electron chi connectivity index (χ4n) is 3.77. The monoisotopic (exact) mass is 512 g/mol. The van der Waals surface area contributed by atoms with Gasteiger partial charge in [-0.3, -0.25) is 4.79 Å². The SMILES string of the molecule is Cc1cccc(Cl)c1C(=O)N[C@@H](Cc1ccc2nc(-c3c(Cl)cccc3Cl)ccc2c1)C(=O)O. The maximum Gasteiger partial charge on any atom is 0.326 e. The van der Waals surface area contributed by atoms with Crippen LogP contribution in [0.3, 0.4) is 0 Å². The largest absolute Gasteiger partial charge is 0.480 e. The van der Waals surface area contributed by atoms with Gasteiger partial charge in [0.05, 0.1) is 31.8 Å². The number of fused-ring (bicyclic) bond motifs is 1. The molecular formula is C26H19Cl3N2O3. The minimum atomic E-state index is -1.14. The van der Waals surface area contributed by atoms with Crippen molar-refractivity contribution in [1.82, 2.24) is 10.3 Å². The normalized spacial score (nSPS) is 11.9. The number of carbonyl (C=O) groups is 2. The third kappa shape index (κ3) is 5.02. The number of aryl methyl sites for hydroxylation is 1. The molecule has 4 aromatic rings. The van der Waals surface area contributed by atoms with E-state index < -0.39 is 17.9 Å². The minimum absolute atomic E-state index is 0.0958. The van der Waals surface area contributed by atoms with Crippen molar-refractivity contribution >= 4 is 57.6 Å². The Labute approximate surface area is 211 Å². The second kappa shape index (κ2) is 10.0. The fraction of sp³-hybridized carbons (Fsp3) is 0.115. The molecular weight excluding hydrogens is 495 g/mol. The molecule has 1 amide bonds. The van der Waals surface area contributed by atoms with E-state index in [4.69, 9.17) is 34.8 Å². The maximum atomic E-state index is 12.7.